The summed E-state index contributed by atoms with van der Waals surface area (Å²) in [7, 11) is 0. The molecule has 0 saturated carbocycles. The fraction of sp³-hybridized carbons (Fsp3) is 0.176. The summed E-state index contributed by atoms with van der Waals surface area (Å²) in [5.74, 6) is 1.05. The molecule has 0 radical (unpaired) electrons. The van der Waals surface area contributed by atoms with Gasteiger partial charge in [-0.15, -0.1) is 11.8 Å². The largest absolute Gasteiger partial charge is 0.121 e. The molecule has 0 bridgehead atoms. The number of hydrogen-bond donors (Lipinski definition) is 0. The summed E-state index contributed by atoms with van der Waals surface area (Å²) in [6, 6.07) is 17.5. The lowest BCUT2D eigenvalue weighted by atomic mass is 9.94. The highest BCUT2D eigenvalue weighted by molar-refractivity contribution is 9.09. The summed E-state index contributed by atoms with van der Waals surface area (Å²) >= 11 is 5.46. The van der Waals surface area contributed by atoms with Gasteiger partial charge in [-0.2, -0.15) is 0 Å². The predicted molar refractivity (Wildman–Crippen MR) is 87.9 cm³/mol. The first-order valence-corrected chi connectivity index (χ1v) is 8.57. The van der Waals surface area contributed by atoms with Gasteiger partial charge in [0.25, 0.3) is 0 Å². The second-order valence-electron chi connectivity index (χ2n) is 4.54. The molecule has 0 spiro atoms. The van der Waals surface area contributed by atoms with Crippen molar-refractivity contribution in [3.63, 3.8) is 0 Å². The van der Waals surface area contributed by atoms with Crippen molar-refractivity contribution in [2.75, 3.05) is 5.33 Å². The van der Waals surface area contributed by atoms with Crippen molar-refractivity contribution in [3.8, 4) is 0 Å². The van der Waals surface area contributed by atoms with Crippen LogP contribution in [0.25, 0.3) is 5.57 Å². The number of thioether (sulfide) groups is 1. The van der Waals surface area contributed by atoms with Crippen molar-refractivity contribution < 1.29 is 0 Å². The maximum atomic E-state index is 3.53. The summed E-state index contributed by atoms with van der Waals surface area (Å²) in [6.07, 6.45) is 3.42. The van der Waals surface area contributed by atoms with Crippen molar-refractivity contribution in [1.82, 2.24) is 0 Å². The standard InChI is InChI=1S/C17H15BrS/c18-11-5-9-15-14-7-2-1-6-13(14)12-19-17-10-4-3-8-16(15)17/h1-4,6-10H,5,11-12H2/b15-9+. The molecule has 0 atom stereocenters. The van der Waals surface area contributed by atoms with Crippen molar-refractivity contribution in [2.45, 2.75) is 17.1 Å². The zero-order valence-corrected chi connectivity index (χ0v) is 13.0. The van der Waals surface area contributed by atoms with Crippen LogP contribution in [0.15, 0.2) is 59.5 Å². The maximum absolute atomic E-state index is 3.53. The first-order valence-electron chi connectivity index (χ1n) is 6.47. The number of hydrogen-bond acceptors (Lipinski definition) is 1. The van der Waals surface area contributed by atoms with Crippen LogP contribution in [-0.2, 0) is 5.75 Å². The van der Waals surface area contributed by atoms with Crippen molar-refractivity contribution in [1.29, 1.82) is 0 Å². The van der Waals surface area contributed by atoms with Gasteiger partial charge in [0, 0.05) is 16.0 Å². The number of alkyl halides is 1. The Kier molecular flexibility index (Phi) is 4.09. The highest BCUT2D eigenvalue weighted by atomic mass is 79.9. The number of fused-ring (bicyclic) bond motifs is 2. The normalized spacial score (nSPS) is 15.7. The molecule has 3 rings (SSSR count). The van der Waals surface area contributed by atoms with Crippen molar-refractivity contribution >= 4 is 33.3 Å². The molecular formula is C17H15BrS. The van der Waals surface area contributed by atoms with Gasteiger partial charge in [-0.1, -0.05) is 64.5 Å². The zero-order chi connectivity index (χ0) is 13.1. The smallest absolute Gasteiger partial charge is 0.0238 e. The summed E-state index contributed by atoms with van der Waals surface area (Å²) in [5.41, 5.74) is 5.58. The fourth-order valence-electron chi connectivity index (χ4n) is 2.44. The molecule has 0 aliphatic carbocycles. The van der Waals surface area contributed by atoms with E-state index in [1.165, 1.54) is 27.2 Å². The molecule has 1 heterocycles. The average Bonchev–Trinajstić information content (AvgIpc) is 2.62. The van der Waals surface area contributed by atoms with E-state index in [0.717, 1.165) is 17.5 Å². The Morgan fingerprint density at radius 2 is 1.74 bits per heavy atom. The van der Waals surface area contributed by atoms with E-state index in [2.05, 4.69) is 70.5 Å². The first-order chi connectivity index (χ1) is 9.40. The molecule has 0 N–H and O–H groups in total. The molecule has 1 aliphatic heterocycles. The Morgan fingerprint density at radius 3 is 2.58 bits per heavy atom. The highest BCUT2D eigenvalue weighted by Gasteiger charge is 2.17. The van der Waals surface area contributed by atoms with Crippen LogP contribution in [0.1, 0.15) is 23.1 Å². The Hall–Kier alpha value is -0.990. The molecule has 0 aromatic heterocycles. The lowest BCUT2D eigenvalue weighted by Crippen LogP contribution is -1.92. The van der Waals surface area contributed by atoms with E-state index < -0.39 is 0 Å². The van der Waals surface area contributed by atoms with Gasteiger partial charge in [-0.05, 0) is 34.8 Å². The topological polar surface area (TPSA) is 0 Å². The monoisotopic (exact) mass is 330 g/mol. The number of rotatable bonds is 2. The van der Waals surface area contributed by atoms with E-state index in [1.807, 2.05) is 11.8 Å². The van der Waals surface area contributed by atoms with Gasteiger partial charge in [0.05, 0.1) is 0 Å². The van der Waals surface area contributed by atoms with E-state index in [0.29, 0.717) is 0 Å². The van der Waals surface area contributed by atoms with Crippen LogP contribution in [0, 0.1) is 0 Å². The Labute approximate surface area is 127 Å². The second-order valence-corrected chi connectivity index (χ2v) is 6.35. The molecule has 2 heteroatoms. The molecule has 2 aromatic rings. The van der Waals surface area contributed by atoms with Crippen molar-refractivity contribution in [2.24, 2.45) is 0 Å². The van der Waals surface area contributed by atoms with Crippen LogP contribution in [0.4, 0.5) is 0 Å². The van der Waals surface area contributed by atoms with Gasteiger partial charge < -0.3 is 0 Å². The van der Waals surface area contributed by atoms with Crippen LogP contribution in [-0.4, -0.2) is 5.33 Å². The average molecular weight is 331 g/mol. The van der Waals surface area contributed by atoms with Gasteiger partial charge >= 0.3 is 0 Å². The maximum Gasteiger partial charge on any atom is 0.0238 e. The Balaban J connectivity index is 2.19. The highest BCUT2D eigenvalue weighted by Crippen LogP contribution is 2.39. The first kappa shape index (κ1) is 13.0. The molecule has 0 fully saturated rings. The molecule has 1 aliphatic rings. The quantitative estimate of drug-likeness (QED) is 0.654. The third-order valence-corrected chi connectivity index (χ3v) is 4.91. The Bertz CT molecular complexity index is 567. The van der Waals surface area contributed by atoms with Crippen molar-refractivity contribution in [3.05, 3.63) is 71.3 Å². The lowest BCUT2D eigenvalue weighted by molar-refractivity contribution is 1.25. The van der Waals surface area contributed by atoms with Crippen LogP contribution in [0.2, 0.25) is 0 Å². The summed E-state index contributed by atoms with van der Waals surface area (Å²) in [6.45, 7) is 0. The molecule has 2 aromatic carbocycles. The summed E-state index contributed by atoms with van der Waals surface area (Å²) < 4.78 is 0. The molecule has 0 unspecified atom stereocenters. The van der Waals surface area contributed by atoms with Gasteiger partial charge in [-0.25, -0.2) is 0 Å². The molecule has 0 nitrogen and oxygen atoms in total. The fourth-order valence-corrected chi connectivity index (χ4v) is 3.74. The van der Waals surface area contributed by atoms with Gasteiger partial charge in [0.2, 0.25) is 0 Å². The minimum absolute atomic E-state index is 1.01. The number of benzene rings is 2. The van der Waals surface area contributed by atoms with Crippen LogP contribution < -0.4 is 0 Å². The zero-order valence-electron chi connectivity index (χ0n) is 10.6. The van der Waals surface area contributed by atoms with E-state index >= 15 is 0 Å². The molecule has 0 amide bonds. The van der Waals surface area contributed by atoms with E-state index in [9.17, 15) is 0 Å². The third-order valence-electron chi connectivity index (χ3n) is 3.33. The van der Waals surface area contributed by atoms with Crippen LogP contribution in [0.5, 0.6) is 0 Å². The number of halogens is 1. The molecule has 0 saturated heterocycles. The third kappa shape index (κ3) is 2.65. The van der Waals surface area contributed by atoms with Gasteiger partial charge in [0.15, 0.2) is 0 Å². The SMILES string of the molecule is BrCC/C=C1\c2ccccc2CSc2ccccc21. The van der Waals surface area contributed by atoms with E-state index in [4.69, 9.17) is 0 Å². The van der Waals surface area contributed by atoms with Gasteiger partial charge in [-0.3, -0.25) is 0 Å². The summed E-state index contributed by atoms with van der Waals surface area (Å²) in [5, 5.41) is 1.01. The second kappa shape index (κ2) is 5.98. The lowest BCUT2D eigenvalue weighted by Gasteiger charge is -2.11. The molecular weight excluding hydrogens is 316 g/mol. The number of allylic oxidation sites excluding steroid dienone is 1. The molecule has 19 heavy (non-hydrogen) atoms. The van der Waals surface area contributed by atoms with Crippen LogP contribution >= 0.6 is 27.7 Å². The van der Waals surface area contributed by atoms with Crippen LogP contribution in [0.3, 0.4) is 0 Å². The Morgan fingerprint density at radius 1 is 1.00 bits per heavy atom. The van der Waals surface area contributed by atoms with E-state index in [1.54, 1.807) is 0 Å². The van der Waals surface area contributed by atoms with E-state index in [-0.39, 0.29) is 0 Å². The molecule has 96 valence electrons. The van der Waals surface area contributed by atoms with Gasteiger partial charge in [0.1, 0.15) is 0 Å². The minimum Gasteiger partial charge on any atom is -0.121 e. The summed E-state index contributed by atoms with van der Waals surface area (Å²) in [4.78, 5) is 1.39. The predicted octanol–water partition coefficient (Wildman–Crippen LogP) is 5.51. The minimum atomic E-state index is 1.01.